The minimum Gasteiger partial charge on any atom is -0.490 e. The second-order valence-electron chi connectivity index (χ2n) is 6.73. The van der Waals surface area contributed by atoms with E-state index in [9.17, 15) is 4.79 Å². The van der Waals surface area contributed by atoms with E-state index in [2.05, 4.69) is 11.6 Å². The van der Waals surface area contributed by atoms with Gasteiger partial charge in [-0.15, -0.1) is 0 Å². The monoisotopic (exact) mass is 433 g/mol. The summed E-state index contributed by atoms with van der Waals surface area (Å²) < 4.78 is 16.7. The topological polar surface area (TPSA) is 57.1 Å². The van der Waals surface area contributed by atoms with Gasteiger partial charge in [0.2, 0.25) is 5.90 Å². The number of hydrogen-bond donors (Lipinski definition) is 0. The Balaban J connectivity index is 1.72. The Morgan fingerprint density at radius 1 is 1.13 bits per heavy atom. The van der Waals surface area contributed by atoms with E-state index in [1.54, 1.807) is 24.3 Å². The zero-order valence-electron chi connectivity index (χ0n) is 16.9. The van der Waals surface area contributed by atoms with Crippen molar-refractivity contribution in [1.29, 1.82) is 0 Å². The number of carbonyl (C=O) groups excluding carboxylic acids is 1. The van der Waals surface area contributed by atoms with E-state index in [-0.39, 0.29) is 11.6 Å². The maximum atomic E-state index is 12.5. The highest BCUT2D eigenvalue weighted by molar-refractivity contribution is 6.32. The number of carbonyl (C=O) groups is 1. The fourth-order valence-corrected chi connectivity index (χ4v) is 3.58. The molecule has 0 spiro atoms. The number of ether oxygens (including phenoxy) is 3. The summed E-state index contributed by atoms with van der Waals surface area (Å²) in [4.78, 5) is 16.9. The van der Waals surface area contributed by atoms with Gasteiger partial charge in [0, 0.05) is 5.56 Å². The second-order valence-corrected chi connectivity index (χ2v) is 7.13. The van der Waals surface area contributed by atoms with Crippen LogP contribution in [-0.4, -0.2) is 25.1 Å². The molecule has 0 aromatic heterocycles. The Labute approximate surface area is 185 Å². The fraction of sp³-hybridized carbons (Fsp3) is 0.120. The molecule has 4 rings (SSSR count). The van der Waals surface area contributed by atoms with E-state index in [1.807, 2.05) is 49.4 Å². The van der Waals surface area contributed by atoms with E-state index >= 15 is 0 Å². The SMILES string of the molecule is C=CCOc1c(Cl)cc(C=C2N=C(c3cccc4ccccc34)OC2=O)cc1OCC. The van der Waals surface area contributed by atoms with Crippen LogP contribution in [-0.2, 0) is 9.53 Å². The van der Waals surface area contributed by atoms with Crippen LogP contribution in [0.4, 0.5) is 0 Å². The smallest absolute Gasteiger partial charge is 0.363 e. The maximum absolute atomic E-state index is 12.5. The van der Waals surface area contributed by atoms with Crippen molar-refractivity contribution in [3.8, 4) is 11.5 Å². The Kier molecular flexibility index (Phi) is 6.05. The molecule has 0 fully saturated rings. The molecule has 6 heteroatoms. The molecule has 1 heterocycles. The number of rotatable bonds is 7. The van der Waals surface area contributed by atoms with Crippen molar-refractivity contribution >= 4 is 40.3 Å². The minimum atomic E-state index is -0.524. The summed E-state index contributed by atoms with van der Waals surface area (Å²) in [5.74, 6) is 0.659. The summed E-state index contributed by atoms with van der Waals surface area (Å²) in [7, 11) is 0. The first-order valence-corrected chi connectivity index (χ1v) is 10.2. The lowest BCUT2D eigenvalue weighted by Gasteiger charge is -2.13. The molecular formula is C25H20ClNO4. The van der Waals surface area contributed by atoms with Crippen LogP contribution in [0.15, 0.2) is 77.9 Å². The Morgan fingerprint density at radius 3 is 2.74 bits per heavy atom. The van der Waals surface area contributed by atoms with Gasteiger partial charge in [0.25, 0.3) is 0 Å². The molecule has 0 saturated heterocycles. The molecule has 1 aliphatic rings. The molecule has 0 bridgehead atoms. The molecule has 5 nitrogen and oxygen atoms in total. The summed E-state index contributed by atoms with van der Waals surface area (Å²) in [5.41, 5.74) is 1.59. The number of hydrogen-bond acceptors (Lipinski definition) is 5. The lowest BCUT2D eigenvalue weighted by atomic mass is 10.0. The van der Waals surface area contributed by atoms with Crippen LogP contribution in [0.1, 0.15) is 18.1 Å². The molecule has 0 radical (unpaired) electrons. The number of esters is 1. The summed E-state index contributed by atoms with van der Waals surface area (Å²) in [6.45, 7) is 6.24. The number of fused-ring (bicyclic) bond motifs is 1. The van der Waals surface area contributed by atoms with Crippen LogP contribution < -0.4 is 9.47 Å². The zero-order chi connectivity index (χ0) is 21.8. The van der Waals surface area contributed by atoms with E-state index in [4.69, 9.17) is 25.8 Å². The number of nitrogens with zero attached hydrogens (tertiary/aromatic N) is 1. The molecular weight excluding hydrogens is 414 g/mol. The third kappa shape index (κ3) is 4.32. The first-order chi connectivity index (χ1) is 15.1. The predicted molar refractivity (Wildman–Crippen MR) is 123 cm³/mol. The number of halogens is 1. The molecule has 31 heavy (non-hydrogen) atoms. The summed E-state index contributed by atoms with van der Waals surface area (Å²) >= 11 is 6.40. The molecule has 0 aliphatic carbocycles. The van der Waals surface area contributed by atoms with Crippen molar-refractivity contribution in [1.82, 2.24) is 0 Å². The van der Waals surface area contributed by atoms with Gasteiger partial charge < -0.3 is 14.2 Å². The summed E-state index contributed by atoms with van der Waals surface area (Å²) in [6, 6.07) is 17.1. The van der Waals surface area contributed by atoms with Crippen molar-refractivity contribution in [2.24, 2.45) is 4.99 Å². The van der Waals surface area contributed by atoms with Crippen molar-refractivity contribution in [2.75, 3.05) is 13.2 Å². The highest BCUT2D eigenvalue weighted by atomic mass is 35.5. The van der Waals surface area contributed by atoms with E-state index < -0.39 is 5.97 Å². The first kappa shape index (κ1) is 20.7. The molecule has 3 aromatic rings. The summed E-state index contributed by atoms with van der Waals surface area (Å²) in [6.07, 6.45) is 3.24. The maximum Gasteiger partial charge on any atom is 0.363 e. The standard InChI is InChI=1S/C25H20ClNO4/c1-3-12-30-23-20(26)13-16(15-22(23)29-4-2)14-21-25(28)31-24(27-21)19-11-7-9-17-8-5-6-10-18(17)19/h3,5-11,13-15H,1,4,12H2,2H3. The number of aliphatic imine (C=N–C) groups is 1. The highest BCUT2D eigenvalue weighted by Crippen LogP contribution is 2.37. The quantitative estimate of drug-likeness (QED) is 0.268. The third-order valence-electron chi connectivity index (χ3n) is 4.62. The van der Waals surface area contributed by atoms with E-state index in [1.165, 1.54) is 0 Å². The second kappa shape index (κ2) is 9.06. The molecule has 0 saturated carbocycles. The van der Waals surface area contributed by atoms with Crippen molar-refractivity contribution in [2.45, 2.75) is 6.92 Å². The molecule has 0 atom stereocenters. The van der Waals surface area contributed by atoms with Gasteiger partial charge in [-0.25, -0.2) is 9.79 Å². The van der Waals surface area contributed by atoms with Crippen LogP contribution in [0, 0.1) is 0 Å². The van der Waals surface area contributed by atoms with Gasteiger partial charge in [0.15, 0.2) is 17.2 Å². The third-order valence-corrected chi connectivity index (χ3v) is 4.90. The summed E-state index contributed by atoms with van der Waals surface area (Å²) in [5, 5.41) is 2.37. The van der Waals surface area contributed by atoms with Crippen LogP contribution in [0.3, 0.4) is 0 Å². The Morgan fingerprint density at radius 2 is 1.94 bits per heavy atom. The predicted octanol–water partition coefficient (Wildman–Crippen LogP) is 5.80. The average Bonchev–Trinajstić information content (AvgIpc) is 3.13. The van der Waals surface area contributed by atoms with Gasteiger partial charge in [0.1, 0.15) is 6.61 Å². The van der Waals surface area contributed by atoms with Crippen LogP contribution >= 0.6 is 11.6 Å². The van der Waals surface area contributed by atoms with Gasteiger partial charge >= 0.3 is 5.97 Å². The van der Waals surface area contributed by atoms with Gasteiger partial charge in [-0.2, -0.15) is 0 Å². The molecule has 0 N–H and O–H groups in total. The minimum absolute atomic E-state index is 0.182. The molecule has 0 unspecified atom stereocenters. The van der Waals surface area contributed by atoms with Gasteiger partial charge in [-0.05, 0) is 47.5 Å². The van der Waals surface area contributed by atoms with Gasteiger partial charge in [-0.3, -0.25) is 0 Å². The number of cyclic esters (lactones) is 1. The van der Waals surface area contributed by atoms with Crippen LogP contribution in [0.2, 0.25) is 5.02 Å². The molecule has 0 amide bonds. The normalized spacial score (nSPS) is 14.5. The Hall–Kier alpha value is -3.57. The molecule has 1 aliphatic heterocycles. The van der Waals surface area contributed by atoms with Gasteiger partial charge in [0.05, 0.1) is 11.6 Å². The lowest BCUT2D eigenvalue weighted by Crippen LogP contribution is -2.06. The Bertz CT molecular complexity index is 1220. The average molecular weight is 434 g/mol. The van der Waals surface area contributed by atoms with E-state index in [0.29, 0.717) is 35.3 Å². The van der Waals surface area contributed by atoms with Crippen molar-refractivity contribution in [3.05, 3.63) is 89.1 Å². The van der Waals surface area contributed by atoms with E-state index in [0.717, 1.165) is 16.3 Å². The van der Waals surface area contributed by atoms with Crippen molar-refractivity contribution in [3.63, 3.8) is 0 Å². The van der Waals surface area contributed by atoms with Crippen LogP contribution in [0.5, 0.6) is 11.5 Å². The number of benzene rings is 3. The highest BCUT2D eigenvalue weighted by Gasteiger charge is 2.25. The fourth-order valence-electron chi connectivity index (χ4n) is 3.31. The molecule has 156 valence electrons. The first-order valence-electron chi connectivity index (χ1n) is 9.81. The van der Waals surface area contributed by atoms with Crippen molar-refractivity contribution < 1.29 is 19.0 Å². The van der Waals surface area contributed by atoms with Gasteiger partial charge in [-0.1, -0.05) is 60.7 Å². The van der Waals surface area contributed by atoms with Crippen LogP contribution in [0.25, 0.3) is 16.8 Å². The lowest BCUT2D eigenvalue weighted by molar-refractivity contribution is -0.129. The largest absolute Gasteiger partial charge is 0.490 e. The zero-order valence-corrected chi connectivity index (χ0v) is 17.7. The molecule has 3 aromatic carbocycles.